The van der Waals surface area contributed by atoms with Gasteiger partial charge in [-0.15, -0.1) is 0 Å². The highest BCUT2D eigenvalue weighted by molar-refractivity contribution is 8.03. The monoisotopic (exact) mass is 378 g/mol. The van der Waals surface area contributed by atoms with E-state index >= 15 is 0 Å². The van der Waals surface area contributed by atoms with Crippen LogP contribution in [0.2, 0.25) is 0 Å². The van der Waals surface area contributed by atoms with Crippen LogP contribution in [0, 0.1) is 0 Å². The Hall–Kier alpha value is 2.06. The van der Waals surface area contributed by atoms with Crippen molar-refractivity contribution in [1.82, 2.24) is 0 Å². The van der Waals surface area contributed by atoms with Gasteiger partial charge in [-0.05, 0) is 11.5 Å². The predicted octanol–water partition coefficient (Wildman–Crippen LogP) is 3.80. The smallest absolute Gasteiger partial charge is 0.0557 e. The maximum absolute atomic E-state index is 5.61. The lowest BCUT2D eigenvalue weighted by Gasteiger charge is -2.04. The average molecular weight is 379 g/mol. The number of hydrogen-bond acceptors (Lipinski definition) is 7. The van der Waals surface area contributed by atoms with Crippen LogP contribution < -0.4 is 0 Å². The minimum Gasteiger partial charge on any atom is -0.380 e. The van der Waals surface area contributed by atoms with Crippen molar-refractivity contribution in [3.63, 3.8) is 0 Å². The van der Waals surface area contributed by atoms with Crippen LogP contribution in [0.1, 0.15) is 0 Å². The van der Waals surface area contributed by atoms with E-state index in [0.29, 0.717) is 0 Å². The first-order chi connectivity index (χ1) is 9.41. The van der Waals surface area contributed by atoms with Gasteiger partial charge in [0.2, 0.25) is 0 Å². The van der Waals surface area contributed by atoms with Crippen LogP contribution in [0.25, 0.3) is 0 Å². The first-order valence-electron chi connectivity index (χ1n) is 6.52. The molecule has 0 saturated heterocycles. The van der Waals surface area contributed by atoms with Crippen LogP contribution in [0.5, 0.6) is 0 Å². The molecule has 116 valence electrons. The third-order valence-corrected chi connectivity index (χ3v) is 7.40. The van der Waals surface area contributed by atoms with Crippen LogP contribution in [0.15, 0.2) is 0 Å². The van der Waals surface area contributed by atoms with Crippen molar-refractivity contribution in [2.75, 3.05) is 70.7 Å². The molecule has 0 atom stereocenters. The predicted molar refractivity (Wildman–Crippen MR) is 108 cm³/mol. The van der Waals surface area contributed by atoms with Crippen LogP contribution in [-0.4, -0.2) is 70.7 Å². The zero-order valence-corrected chi connectivity index (χ0v) is 16.5. The van der Waals surface area contributed by atoms with Crippen molar-refractivity contribution in [3.8, 4) is 0 Å². The Bertz CT molecular complexity index is 145. The summed E-state index contributed by atoms with van der Waals surface area (Å²) in [5, 5.41) is 0. The van der Waals surface area contributed by atoms with Gasteiger partial charge in [-0.3, -0.25) is 0 Å². The Balaban J connectivity index is 2.88. The molecule has 0 aromatic carbocycles. The second kappa shape index (κ2) is 20.1. The quantitative estimate of drug-likeness (QED) is 0.311. The molecule has 0 amide bonds. The van der Waals surface area contributed by atoms with Gasteiger partial charge in [-0.1, -0.05) is 0 Å². The lowest BCUT2D eigenvalue weighted by Crippen LogP contribution is -2.03. The number of thiol groups is 2. The molecule has 19 heavy (non-hydrogen) atoms. The summed E-state index contributed by atoms with van der Waals surface area (Å²) in [6.45, 7) is 1.80. The molecule has 0 unspecified atom stereocenters. The van der Waals surface area contributed by atoms with Gasteiger partial charge in [0.25, 0.3) is 0 Å². The van der Waals surface area contributed by atoms with Gasteiger partial charge < -0.3 is 4.74 Å². The number of hydrogen-bond donors (Lipinski definition) is 2. The summed E-state index contributed by atoms with van der Waals surface area (Å²) in [5.41, 5.74) is 0. The van der Waals surface area contributed by atoms with Crippen LogP contribution >= 0.6 is 72.3 Å². The van der Waals surface area contributed by atoms with Gasteiger partial charge >= 0.3 is 0 Å². The Morgan fingerprint density at radius 2 is 0.895 bits per heavy atom. The molecule has 0 aliphatic carbocycles. The fourth-order valence-corrected chi connectivity index (χ4v) is 5.32. The van der Waals surface area contributed by atoms with Gasteiger partial charge in [0, 0.05) is 46.0 Å². The van der Waals surface area contributed by atoms with E-state index in [1.165, 1.54) is 34.5 Å². The Morgan fingerprint density at radius 3 is 1.26 bits per heavy atom. The van der Waals surface area contributed by atoms with E-state index < -0.39 is 0 Å². The summed E-state index contributed by atoms with van der Waals surface area (Å²) in [7, 11) is 0. The highest BCUT2D eigenvalue weighted by Crippen LogP contribution is 2.08. The van der Waals surface area contributed by atoms with Crippen molar-refractivity contribution in [2.24, 2.45) is 0 Å². The van der Waals surface area contributed by atoms with E-state index in [1.807, 2.05) is 47.0 Å². The molecule has 0 fully saturated rings. The molecule has 0 spiro atoms. The second-order valence-corrected chi connectivity index (χ2v) is 9.30. The molecule has 0 aliphatic heterocycles. The molecule has 0 radical (unpaired) electrons. The topological polar surface area (TPSA) is 9.23 Å². The van der Waals surface area contributed by atoms with Crippen molar-refractivity contribution in [3.05, 3.63) is 0 Å². The summed E-state index contributed by atoms with van der Waals surface area (Å²) >= 11 is 16.3. The molecule has 7 heteroatoms. The minimum atomic E-state index is 0.900. The van der Waals surface area contributed by atoms with Gasteiger partial charge in [0.05, 0.1) is 13.2 Å². The van der Waals surface area contributed by atoms with Crippen LogP contribution in [0.3, 0.4) is 0 Å². The molecule has 0 rings (SSSR count). The SMILES string of the molecule is SCCSCCSCCOCCSCCSCCS. The molecule has 0 aromatic heterocycles. The lowest BCUT2D eigenvalue weighted by molar-refractivity contribution is 0.167. The zero-order chi connectivity index (χ0) is 14.0. The Labute approximate surface area is 147 Å². The third kappa shape index (κ3) is 20.1. The third-order valence-electron chi connectivity index (χ3n) is 1.96. The maximum Gasteiger partial charge on any atom is 0.0557 e. The van der Waals surface area contributed by atoms with Crippen LogP contribution in [-0.2, 0) is 4.74 Å². The van der Waals surface area contributed by atoms with E-state index in [4.69, 9.17) is 4.74 Å². The summed E-state index contributed by atoms with van der Waals surface area (Å²) < 4.78 is 5.61. The maximum atomic E-state index is 5.61. The Morgan fingerprint density at radius 1 is 0.526 bits per heavy atom. The lowest BCUT2D eigenvalue weighted by atomic mass is 10.8. The highest BCUT2D eigenvalue weighted by atomic mass is 32.2. The molecule has 0 bridgehead atoms. The highest BCUT2D eigenvalue weighted by Gasteiger charge is 1.93. The summed E-state index contributed by atoms with van der Waals surface area (Å²) in [6.07, 6.45) is 0. The normalized spacial score (nSPS) is 11.1. The number of rotatable bonds is 16. The first kappa shape index (κ1) is 21.1. The fourth-order valence-electron chi connectivity index (χ4n) is 1.11. The molecule has 1 nitrogen and oxygen atoms in total. The van der Waals surface area contributed by atoms with Crippen molar-refractivity contribution in [2.45, 2.75) is 0 Å². The summed E-state index contributed by atoms with van der Waals surface area (Å²) in [4.78, 5) is 0. The summed E-state index contributed by atoms with van der Waals surface area (Å²) in [6, 6.07) is 0. The van der Waals surface area contributed by atoms with Gasteiger partial charge in [-0.25, -0.2) is 0 Å². The van der Waals surface area contributed by atoms with Crippen molar-refractivity contribution >= 4 is 72.3 Å². The first-order valence-corrected chi connectivity index (χ1v) is 12.4. The molecule has 0 N–H and O–H groups in total. The van der Waals surface area contributed by atoms with E-state index in [-0.39, 0.29) is 0 Å². The fraction of sp³-hybridized carbons (Fsp3) is 1.00. The number of ether oxygens (including phenoxy) is 1. The largest absolute Gasteiger partial charge is 0.380 e. The van der Waals surface area contributed by atoms with Crippen LogP contribution in [0.4, 0.5) is 0 Å². The molecule has 0 saturated carbocycles. The number of thioether (sulfide) groups is 4. The van der Waals surface area contributed by atoms with E-state index in [2.05, 4.69) is 25.3 Å². The summed E-state index contributed by atoms with van der Waals surface area (Å²) in [5.74, 6) is 11.5. The van der Waals surface area contributed by atoms with Gasteiger partial charge in [-0.2, -0.15) is 72.3 Å². The minimum absolute atomic E-state index is 0.900. The van der Waals surface area contributed by atoms with Crippen molar-refractivity contribution in [1.29, 1.82) is 0 Å². The molecule has 0 aromatic rings. The average Bonchev–Trinajstić information content (AvgIpc) is 2.43. The zero-order valence-electron chi connectivity index (χ0n) is 11.4. The molecule has 0 heterocycles. The molecule has 0 aliphatic rings. The van der Waals surface area contributed by atoms with Crippen molar-refractivity contribution < 1.29 is 4.74 Å². The van der Waals surface area contributed by atoms with E-state index in [1.54, 1.807) is 0 Å². The van der Waals surface area contributed by atoms with Gasteiger partial charge in [0.15, 0.2) is 0 Å². The Kier molecular flexibility index (Phi) is 22.2. The standard InChI is InChI=1S/C12H26OS6/c14-3-7-18-11-9-16-5-1-13-2-6-17-10-12-19-8-4-15/h14-15H,1-12H2. The van der Waals surface area contributed by atoms with E-state index in [0.717, 1.165) is 36.2 Å². The van der Waals surface area contributed by atoms with E-state index in [9.17, 15) is 0 Å². The second-order valence-electron chi connectivity index (χ2n) is 3.51. The van der Waals surface area contributed by atoms with Gasteiger partial charge in [0.1, 0.15) is 0 Å². The molecular weight excluding hydrogens is 353 g/mol. The molecular formula is C12H26OS6.